The van der Waals surface area contributed by atoms with E-state index in [4.69, 9.17) is 20.8 Å². The topological polar surface area (TPSA) is 115 Å². The Morgan fingerprint density at radius 3 is 2.33 bits per heavy atom. The zero-order valence-electron chi connectivity index (χ0n) is 15.5. The standard InChI is InChI=1S/C20H17ClN2O6S/c21-14-6-8-15(9-7-14)28-12-19(24)22-23-20(25)18-11-10-16(29-18)13-30(26,27)17-4-2-1-3-5-17/h1-11H,12-13H2,(H,22,24)(H,23,25). The third-order valence-corrected chi connectivity index (χ3v) is 5.73. The Hall–Kier alpha value is -3.30. The van der Waals surface area contributed by atoms with Gasteiger partial charge in [-0.05, 0) is 48.5 Å². The largest absolute Gasteiger partial charge is 0.484 e. The lowest BCUT2D eigenvalue weighted by Gasteiger charge is -2.08. The number of halogens is 1. The van der Waals surface area contributed by atoms with Gasteiger partial charge in [-0.3, -0.25) is 20.4 Å². The maximum absolute atomic E-state index is 12.4. The van der Waals surface area contributed by atoms with Crippen LogP contribution in [0.15, 0.2) is 76.0 Å². The number of amides is 2. The van der Waals surface area contributed by atoms with E-state index in [9.17, 15) is 18.0 Å². The lowest BCUT2D eigenvalue weighted by molar-refractivity contribution is -0.123. The summed E-state index contributed by atoms with van der Waals surface area (Å²) in [6.07, 6.45) is 0. The van der Waals surface area contributed by atoms with Crippen LogP contribution in [0.5, 0.6) is 5.75 Å². The average Bonchev–Trinajstić information content (AvgIpc) is 3.20. The summed E-state index contributed by atoms with van der Waals surface area (Å²) in [6.45, 7) is -0.333. The first-order valence-corrected chi connectivity index (χ1v) is 10.7. The molecule has 0 atom stereocenters. The number of hydrogen-bond acceptors (Lipinski definition) is 6. The monoisotopic (exact) mass is 448 g/mol. The average molecular weight is 449 g/mol. The van der Waals surface area contributed by atoms with Crippen molar-refractivity contribution in [3.63, 3.8) is 0 Å². The van der Waals surface area contributed by atoms with Crippen LogP contribution in [0.1, 0.15) is 16.3 Å². The van der Waals surface area contributed by atoms with Crippen LogP contribution in [0.25, 0.3) is 0 Å². The molecule has 0 unspecified atom stereocenters. The molecule has 0 aliphatic heterocycles. The van der Waals surface area contributed by atoms with Crippen molar-refractivity contribution in [2.24, 2.45) is 0 Å². The predicted octanol–water partition coefficient (Wildman–Crippen LogP) is 2.75. The Bertz CT molecular complexity index is 1130. The van der Waals surface area contributed by atoms with Crippen LogP contribution < -0.4 is 15.6 Å². The van der Waals surface area contributed by atoms with Crippen LogP contribution in [0, 0.1) is 0 Å². The lowest BCUT2D eigenvalue weighted by atomic mass is 10.3. The van der Waals surface area contributed by atoms with Crippen LogP contribution in [0.4, 0.5) is 0 Å². The van der Waals surface area contributed by atoms with E-state index >= 15 is 0 Å². The number of rotatable bonds is 7. The molecule has 2 amide bonds. The summed E-state index contributed by atoms with van der Waals surface area (Å²) >= 11 is 5.76. The van der Waals surface area contributed by atoms with Crippen LogP contribution in [-0.2, 0) is 20.4 Å². The molecule has 3 aromatic rings. The normalized spacial score (nSPS) is 11.0. The molecule has 0 saturated carbocycles. The van der Waals surface area contributed by atoms with E-state index in [0.717, 1.165) is 0 Å². The second-order valence-corrected chi connectivity index (χ2v) is 8.51. The number of hydrogen-bond donors (Lipinski definition) is 2. The molecule has 8 nitrogen and oxygen atoms in total. The highest BCUT2D eigenvalue weighted by molar-refractivity contribution is 7.90. The first-order chi connectivity index (χ1) is 14.3. The fourth-order valence-corrected chi connectivity index (χ4v) is 3.77. The quantitative estimate of drug-likeness (QED) is 0.537. The van der Waals surface area contributed by atoms with Gasteiger partial charge in [-0.2, -0.15) is 0 Å². The van der Waals surface area contributed by atoms with E-state index in [1.807, 2.05) is 0 Å². The van der Waals surface area contributed by atoms with Crippen LogP contribution in [0.2, 0.25) is 5.02 Å². The number of carbonyl (C=O) groups is 2. The van der Waals surface area contributed by atoms with Crippen molar-refractivity contribution in [3.05, 3.63) is 83.3 Å². The van der Waals surface area contributed by atoms with Crippen molar-refractivity contribution >= 4 is 33.3 Å². The van der Waals surface area contributed by atoms with Gasteiger partial charge in [0.1, 0.15) is 17.3 Å². The number of sulfone groups is 1. The predicted molar refractivity (Wildman–Crippen MR) is 109 cm³/mol. The van der Waals surface area contributed by atoms with Gasteiger partial charge in [0.25, 0.3) is 5.91 Å². The smallest absolute Gasteiger partial charge is 0.305 e. The van der Waals surface area contributed by atoms with E-state index in [1.165, 1.54) is 24.3 Å². The van der Waals surface area contributed by atoms with Gasteiger partial charge in [0.2, 0.25) is 0 Å². The second kappa shape index (κ2) is 9.47. The summed E-state index contributed by atoms with van der Waals surface area (Å²) < 4.78 is 35.3. The third-order valence-electron chi connectivity index (χ3n) is 3.82. The Labute approximate surface area is 177 Å². The third kappa shape index (κ3) is 5.85. The van der Waals surface area contributed by atoms with Gasteiger partial charge in [0, 0.05) is 5.02 Å². The van der Waals surface area contributed by atoms with Crippen LogP contribution in [0.3, 0.4) is 0 Å². The van der Waals surface area contributed by atoms with Gasteiger partial charge < -0.3 is 9.15 Å². The molecular weight excluding hydrogens is 432 g/mol. The zero-order valence-corrected chi connectivity index (χ0v) is 17.1. The minimum atomic E-state index is -3.61. The molecule has 156 valence electrons. The number of hydrazine groups is 1. The minimum absolute atomic E-state index is 0.0985. The molecule has 0 aliphatic carbocycles. The molecule has 30 heavy (non-hydrogen) atoms. The Balaban J connectivity index is 1.50. The molecule has 1 heterocycles. The van der Waals surface area contributed by atoms with Gasteiger partial charge in [0.15, 0.2) is 22.2 Å². The van der Waals surface area contributed by atoms with Crippen molar-refractivity contribution in [1.29, 1.82) is 0 Å². The van der Waals surface area contributed by atoms with Crippen LogP contribution >= 0.6 is 11.6 Å². The molecule has 10 heteroatoms. The molecule has 2 aromatic carbocycles. The first kappa shape index (κ1) is 21.4. The van der Waals surface area contributed by atoms with E-state index in [0.29, 0.717) is 10.8 Å². The van der Waals surface area contributed by atoms with Crippen molar-refractivity contribution in [2.75, 3.05) is 6.61 Å². The van der Waals surface area contributed by atoms with Crippen LogP contribution in [-0.4, -0.2) is 26.8 Å². The van der Waals surface area contributed by atoms with E-state index < -0.39 is 27.4 Å². The summed E-state index contributed by atoms with van der Waals surface area (Å²) in [7, 11) is -3.61. The Kier molecular flexibility index (Phi) is 6.76. The summed E-state index contributed by atoms with van der Waals surface area (Å²) in [4.78, 5) is 24.0. The second-order valence-electron chi connectivity index (χ2n) is 6.08. The summed E-state index contributed by atoms with van der Waals surface area (Å²) in [6, 6.07) is 17.0. The summed E-state index contributed by atoms with van der Waals surface area (Å²) in [5.41, 5.74) is 4.35. The number of furan rings is 1. The summed E-state index contributed by atoms with van der Waals surface area (Å²) in [5, 5.41) is 0.536. The Morgan fingerprint density at radius 2 is 1.63 bits per heavy atom. The van der Waals surface area contributed by atoms with E-state index in [1.54, 1.807) is 42.5 Å². The molecule has 0 fully saturated rings. The fraction of sp³-hybridized carbons (Fsp3) is 0.100. The maximum Gasteiger partial charge on any atom is 0.305 e. The fourth-order valence-electron chi connectivity index (χ4n) is 2.38. The van der Waals surface area contributed by atoms with Crippen molar-refractivity contribution in [2.45, 2.75) is 10.6 Å². The minimum Gasteiger partial charge on any atom is -0.484 e. The van der Waals surface area contributed by atoms with Crippen molar-refractivity contribution < 1.29 is 27.2 Å². The molecule has 0 saturated heterocycles. The van der Waals surface area contributed by atoms with Gasteiger partial charge in [0.05, 0.1) is 4.90 Å². The van der Waals surface area contributed by atoms with E-state index in [-0.39, 0.29) is 23.0 Å². The van der Waals surface area contributed by atoms with Gasteiger partial charge in [-0.25, -0.2) is 8.42 Å². The Morgan fingerprint density at radius 1 is 0.933 bits per heavy atom. The molecule has 0 aliphatic rings. The molecule has 0 spiro atoms. The number of carbonyl (C=O) groups excluding carboxylic acids is 2. The molecular formula is C20H17ClN2O6S. The maximum atomic E-state index is 12.4. The lowest BCUT2D eigenvalue weighted by Crippen LogP contribution is -2.43. The highest BCUT2D eigenvalue weighted by atomic mass is 35.5. The van der Waals surface area contributed by atoms with E-state index in [2.05, 4.69) is 10.9 Å². The molecule has 2 N–H and O–H groups in total. The SMILES string of the molecule is O=C(COc1ccc(Cl)cc1)NNC(=O)c1ccc(CS(=O)(=O)c2ccccc2)o1. The van der Waals surface area contributed by atoms with Gasteiger partial charge in [-0.1, -0.05) is 29.8 Å². The molecule has 1 aromatic heterocycles. The summed E-state index contributed by atoms with van der Waals surface area (Å²) in [5.74, 6) is -1.34. The highest BCUT2D eigenvalue weighted by Crippen LogP contribution is 2.18. The zero-order chi connectivity index (χ0) is 21.6. The molecule has 0 radical (unpaired) electrons. The van der Waals surface area contributed by atoms with Gasteiger partial charge >= 0.3 is 5.91 Å². The highest BCUT2D eigenvalue weighted by Gasteiger charge is 2.19. The molecule has 0 bridgehead atoms. The first-order valence-electron chi connectivity index (χ1n) is 8.67. The number of benzene rings is 2. The molecule has 3 rings (SSSR count). The van der Waals surface area contributed by atoms with Crippen molar-refractivity contribution in [1.82, 2.24) is 10.9 Å². The van der Waals surface area contributed by atoms with Gasteiger partial charge in [-0.15, -0.1) is 0 Å². The number of ether oxygens (including phenoxy) is 1. The van der Waals surface area contributed by atoms with Crippen molar-refractivity contribution in [3.8, 4) is 5.75 Å². The number of nitrogens with one attached hydrogen (secondary N) is 2.